The predicted octanol–water partition coefficient (Wildman–Crippen LogP) is 2.80. The number of rotatable bonds is 1. The van der Waals surface area contributed by atoms with E-state index in [9.17, 15) is 4.21 Å². The molecule has 1 fully saturated rings. The maximum Gasteiger partial charge on any atom is 0.0377 e. The zero-order valence-corrected chi connectivity index (χ0v) is 12.5. The Morgan fingerprint density at radius 1 is 1.00 bits per heavy atom. The molecule has 0 aromatic heterocycles. The minimum absolute atomic E-state index is 0.0609. The van der Waals surface area contributed by atoms with Gasteiger partial charge >= 0.3 is 0 Å². The molecule has 0 aromatic rings. The third-order valence-corrected chi connectivity index (χ3v) is 5.58. The predicted molar refractivity (Wildman–Crippen MR) is 72.2 cm³/mol. The molecule has 0 bridgehead atoms. The normalized spacial score (nSPS) is 23.4. The van der Waals surface area contributed by atoms with E-state index in [1.807, 2.05) is 0 Å². The van der Waals surface area contributed by atoms with Crippen LogP contribution in [0.2, 0.25) is 0 Å². The standard InChI is InChI=1S/C13H27NOS/c1-12(2,3)14-9-7-11(8-10-14)16(15)13(4,5)6/h11H,7-10H2,1-6H3. The molecular formula is C13H27NOS. The SMILES string of the molecule is CC(C)(C)N1CCC(S(=O)C(C)(C)C)CC1. The molecule has 1 atom stereocenters. The van der Waals surface area contributed by atoms with E-state index in [2.05, 4.69) is 46.4 Å². The first-order chi connectivity index (χ1) is 7.12. The fraction of sp³-hybridized carbons (Fsp3) is 1.00. The molecule has 1 unspecified atom stereocenters. The summed E-state index contributed by atoms with van der Waals surface area (Å²) in [5, 5.41) is 0.401. The van der Waals surface area contributed by atoms with Crippen LogP contribution in [0.4, 0.5) is 0 Å². The van der Waals surface area contributed by atoms with Gasteiger partial charge in [0, 0.05) is 26.3 Å². The van der Waals surface area contributed by atoms with E-state index in [0.29, 0.717) is 5.25 Å². The second-order valence-corrected chi connectivity index (χ2v) is 9.25. The van der Waals surface area contributed by atoms with Gasteiger partial charge in [0.1, 0.15) is 0 Å². The maximum absolute atomic E-state index is 12.3. The fourth-order valence-corrected chi connectivity index (χ4v) is 3.88. The molecule has 0 aliphatic carbocycles. The summed E-state index contributed by atoms with van der Waals surface area (Å²) >= 11 is 0. The van der Waals surface area contributed by atoms with E-state index >= 15 is 0 Å². The molecule has 0 amide bonds. The monoisotopic (exact) mass is 245 g/mol. The lowest BCUT2D eigenvalue weighted by Crippen LogP contribution is -2.49. The lowest BCUT2D eigenvalue weighted by Gasteiger charge is -2.41. The molecular weight excluding hydrogens is 218 g/mol. The highest BCUT2D eigenvalue weighted by molar-refractivity contribution is 7.87. The van der Waals surface area contributed by atoms with E-state index in [4.69, 9.17) is 0 Å². The number of likely N-dealkylation sites (tertiary alicyclic amines) is 1. The molecule has 0 saturated carbocycles. The molecule has 1 heterocycles. The van der Waals surface area contributed by atoms with Crippen molar-refractivity contribution in [1.82, 2.24) is 4.90 Å². The highest BCUT2D eigenvalue weighted by Crippen LogP contribution is 2.27. The first kappa shape index (κ1) is 14.2. The smallest absolute Gasteiger partial charge is 0.0377 e. The summed E-state index contributed by atoms with van der Waals surface area (Å²) in [6.45, 7) is 15.2. The van der Waals surface area contributed by atoms with Crippen molar-refractivity contribution in [1.29, 1.82) is 0 Å². The lowest BCUT2D eigenvalue weighted by molar-refractivity contribution is 0.112. The first-order valence-electron chi connectivity index (χ1n) is 6.28. The first-order valence-corrected chi connectivity index (χ1v) is 7.49. The average molecular weight is 245 g/mol. The van der Waals surface area contributed by atoms with Gasteiger partial charge < -0.3 is 0 Å². The minimum atomic E-state index is -0.692. The van der Waals surface area contributed by atoms with Crippen LogP contribution in [0.25, 0.3) is 0 Å². The number of hydrogen-bond acceptors (Lipinski definition) is 2. The number of nitrogens with zero attached hydrogens (tertiary/aromatic N) is 1. The van der Waals surface area contributed by atoms with Gasteiger partial charge in [-0.05, 0) is 67.5 Å². The quantitative estimate of drug-likeness (QED) is 0.708. The molecule has 1 aliphatic rings. The van der Waals surface area contributed by atoms with Crippen LogP contribution in [-0.4, -0.2) is 37.7 Å². The molecule has 1 aliphatic heterocycles. The molecule has 1 rings (SSSR count). The summed E-state index contributed by atoms with van der Waals surface area (Å²) in [5.74, 6) is 0. The Bertz CT molecular complexity index is 254. The van der Waals surface area contributed by atoms with Gasteiger partial charge in [0.2, 0.25) is 0 Å². The van der Waals surface area contributed by atoms with Gasteiger partial charge in [-0.25, -0.2) is 0 Å². The van der Waals surface area contributed by atoms with Crippen molar-refractivity contribution in [3.05, 3.63) is 0 Å². The van der Waals surface area contributed by atoms with E-state index in [1.165, 1.54) is 0 Å². The van der Waals surface area contributed by atoms with Crippen molar-refractivity contribution >= 4 is 10.8 Å². The van der Waals surface area contributed by atoms with Gasteiger partial charge in [-0.2, -0.15) is 0 Å². The van der Waals surface area contributed by atoms with Crippen LogP contribution < -0.4 is 0 Å². The van der Waals surface area contributed by atoms with Crippen molar-refractivity contribution in [2.45, 2.75) is 69.9 Å². The molecule has 3 heteroatoms. The summed E-state index contributed by atoms with van der Waals surface area (Å²) in [5.41, 5.74) is 0.258. The molecule has 0 radical (unpaired) electrons. The van der Waals surface area contributed by atoms with Crippen LogP contribution in [0.1, 0.15) is 54.4 Å². The van der Waals surface area contributed by atoms with Gasteiger partial charge in [0.05, 0.1) is 0 Å². The van der Waals surface area contributed by atoms with Gasteiger partial charge in [-0.15, -0.1) is 0 Å². The van der Waals surface area contributed by atoms with Crippen LogP contribution in [0.5, 0.6) is 0 Å². The zero-order valence-electron chi connectivity index (χ0n) is 11.7. The summed E-state index contributed by atoms with van der Waals surface area (Å²) in [7, 11) is -0.692. The van der Waals surface area contributed by atoms with E-state index in [-0.39, 0.29) is 10.3 Å². The summed E-state index contributed by atoms with van der Waals surface area (Å²) in [6.07, 6.45) is 2.17. The minimum Gasteiger partial charge on any atom is -0.298 e. The highest BCUT2D eigenvalue weighted by atomic mass is 32.2. The molecule has 2 nitrogen and oxygen atoms in total. The molecule has 96 valence electrons. The second kappa shape index (κ2) is 4.77. The second-order valence-electron chi connectivity index (χ2n) is 6.77. The molecule has 16 heavy (non-hydrogen) atoms. The van der Waals surface area contributed by atoms with Crippen molar-refractivity contribution in [2.24, 2.45) is 0 Å². The van der Waals surface area contributed by atoms with Crippen molar-refractivity contribution in [3.63, 3.8) is 0 Å². The Balaban J connectivity index is 2.53. The van der Waals surface area contributed by atoms with Gasteiger partial charge in [-0.1, -0.05) is 0 Å². The van der Waals surface area contributed by atoms with E-state index in [1.54, 1.807) is 0 Å². The van der Waals surface area contributed by atoms with E-state index in [0.717, 1.165) is 25.9 Å². The topological polar surface area (TPSA) is 20.3 Å². The van der Waals surface area contributed by atoms with Crippen molar-refractivity contribution < 1.29 is 4.21 Å². The Morgan fingerprint density at radius 2 is 1.44 bits per heavy atom. The molecule has 0 aromatic carbocycles. The maximum atomic E-state index is 12.3. The Morgan fingerprint density at radius 3 is 1.75 bits per heavy atom. The largest absolute Gasteiger partial charge is 0.298 e. The lowest BCUT2D eigenvalue weighted by atomic mass is 10.0. The Hall–Kier alpha value is 0.110. The Kier molecular flexibility index (Phi) is 4.23. The van der Waals surface area contributed by atoms with Gasteiger partial charge in [0.15, 0.2) is 0 Å². The van der Waals surface area contributed by atoms with Crippen LogP contribution in [0.3, 0.4) is 0 Å². The number of hydrogen-bond donors (Lipinski definition) is 0. The van der Waals surface area contributed by atoms with Crippen LogP contribution >= 0.6 is 0 Å². The van der Waals surface area contributed by atoms with Crippen LogP contribution in [0.15, 0.2) is 0 Å². The third-order valence-electron chi connectivity index (χ3n) is 3.30. The van der Waals surface area contributed by atoms with Gasteiger partial charge in [-0.3, -0.25) is 9.11 Å². The molecule has 0 N–H and O–H groups in total. The number of piperidine rings is 1. The van der Waals surface area contributed by atoms with E-state index < -0.39 is 10.8 Å². The van der Waals surface area contributed by atoms with Crippen LogP contribution in [0, 0.1) is 0 Å². The van der Waals surface area contributed by atoms with Crippen LogP contribution in [-0.2, 0) is 10.8 Å². The molecule has 0 spiro atoms. The summed E-state index contributed by atoms with van der Waals surface area (Å²) in [4.78, 5) is 2.50. The van der Waals surface area contributed by atoms with Crippen molar-refractivity contribution in [3.8, 4) is 0 Å². The fourth-order valence-electron chi connectivity index (χ4n) is 2.24. The highest BCUT2D eigenvalue weighted by Gasteiger charge is 2.33. The molecule has 1 saturated heterocycles. The third kappa shape index (κ3) is 3.56. The Labute approximate surface area is 103 Å². The summed E-state index contributed by atoms with van der Waals surface area (Å²) < 4.78 is 12.2. The van der Waals surface area contributed by atoms with Crippen molar-refractivity contribution in [2.75, 3.05) is 13.1 Å². The zero-order chi connectivity index (χ0) is 12.6. The summed E-state index contributed by atoms with van der Waals surface area (Å²) in [6, 6.07) is 0. The van der Waals surface area contributed by atoms with Gasteiger partial charge in [0.25, 0.3) is 0 Å². The average Bonchev–Trinajstić information content (AvgIpc) is 2.14.